The predicted molar refractivity (Wildman–Crippen MR) is 180 cm³/mol. The number of halogens is 1. The number of rotatable bonds is 11. The molecule has 232 valence electrons. The third-order valence-electron chi connectivity index (χ3n) is 8.14. The topological polar surface area (TPSA) is 81.3 Å². The Morgan fingerprint density at radius 3 is 2.49 bits per heavy atom. The van der Waals surface area contributed by atoms with E-state index in [4.69, 9.17) is 21.1 Å². The van der Waals surface area contributed by atoms with Crippen LogP contribution in [0.25, 0.3) is 22.0 Å². The molecule has 1 aromatic heterocycles. The van der Waals surface area contributed by atoms with Crippen LogP contribution < -0.4 is 14.4 Å². The van der Waals surface area contributed by atoms with Gasteiger partial charge in [-0.25, -0.2) is 4.79 Å². The average Bonchev–Trinajstić information content (AvgIpc) is 3.52. The summed E-state index contributed by atoms with van der Waals surface area (Å²) in [4.78, 5) is 22.1. The van der Waals surface area contributed by atoms with Gasteiger partial charge in [0.25, 0.3) is 0 Å². The maximum absolute atomic E-state index is 12.1. The van der Waals surface area contributed by atoms with Crippen molar-refractivity contribution >= 4 is 34.2 Å². The first-order valence-electron chi connectivity index (χ1n) is 15.1. The molecule has 1 aliphatic heterocycles. The van der Waals surface area contributed by atoms with Crippen LogP contribution in [-0.4, -0.2) is 79.3 Å². The van der Waals surface area contributed by atoms with Crippen molar-refractivity contribution in [2.24, 2.45) is 0 Å². The molecule has 2 heterocycles. The quantitative estimate of drug-likeness (QED) is 0.160. The number of carboxylic acid groups (broad SMARTS) is 1. The Balaban J connectivity index is 1.18. The average molecular weight is 625 g/mol. The van der Waals surface area contributed by atoms with Crippen LogP contribution in [0.4, 0.5) is 5.69 Å². The number of carboxylic acids is 1. The molecule has 0 aliphatic carbocycles. The Bertz CT molecular complexity index is 1780. The number of aromatic nitrogens is 1. The number of ether oxygens (including phenoxy) is 2. The van der Waals surface area contributed by atoms with E-state index in [0.717, 1.165) is 72.7 Å². The van der Waals surface area contributed by atoms with Gasteiger partial charge in [0.1, 0.15) is 29.4 Å². The third kappa shape index (κ3) is 7.26. The summed E-state index contributed by atoms with van der Waals surface area (Å²) in [5.41, 5.74) is 5.49. The molecule has 1 saturated heterocycles. The molecule has 9 heteroatoms. The number of aromatic amines is 1. The van der Waals surface area contributed by atoms with Crippen molar-refractivity contribution in [1.82, 2.24) is 14.8 Å². The minimum atomic E-state index is -1.02. The summed E-state index contributed by atoms with van der Waals surface area (Å²) in [6.07, 6.45) is 1.85. The molecule has 2 N–H and O–H groups in total. The van der Waals surface area contributed by atoms with Crippen LogP contribution in [0.2, 0.25) is 5.02 Å². The molecular formula is C36H37ClN4O4. The molecule has 0 spiro atoms. The van der Waals surface area contributed by atoms with Gasteiger partial charge in [0, 0.05) is 73.1 Å². The lowest BCUT2D eigenvalue weighted by Gasteiger charge is -2.36. The fourth-order valence-corrected chi connectivity index (χ4v) is 5.81. The van der Waals surface area contributed by atoms with Gasteiger partial charge in [0.2, 0.25) is 0 Å². The van der Waals surface area contributed by atoms with Gasteiger partial charge >= 0.3 is 5.97 Å². The highest BCUT2D eigenvalue weighted by Gasteiger charge is 2.22. The van der Waals surface area contributed by atoms with Gasteiger partial charge in [0.05, 0.1) is 0 Å². The molecule has 45 heavy (non-hydrogen) atoms. The monoisotopic (exact) mass is 624 g/mol. The minimum Gasteiger partial charge on any atom is -0.492 e. The lowest BCUT2D eigenvalue weighted by Crippen LogP contribution is -2.46. The summed E-state index contributed by atoms with van der Waals surface area (Å²) in [5.74, 6) is 0.786. The second-order valence-corrected chi connectivity index (χ2v) is 12.0. The Morgan fingerprint density at radius 1 is 0.933 bits per heavy atom. The molecular weight excluding hydrogens is 588 g/mol. The van der Waals surface area contributed by atoms with Crippen molar-refractivity contribution in [1.29, 1.82) is 0 Å². The van der Waals surface area contributed by atoms with E-state index in [0.29, 0.717) is 23.1 Å². The molecule has 0 radical (unpaired) electrons. The number of H-pyrrole nitrogens is 1. The molecule has 0 amide bonds. The molecule has 0 atom stereocenters. The standard InChI is InChI=1S/C36H37ClN4O4/c1-39(2)20-21-44-29-11-13-30(25-6-8-27(37)9-7-25)26(22-29)24-40-16-18-41(19-17-40)28-10-12-32(36(42)43)35(23-28)45-34-5-3-4-33-31(34)14-15-38-33/h3-15,22-23,38H,16-21,24H2,1-2H3,(H,42,43). The van der Waals surface area contributed by atoms with Crippen molar-refractivity contribution in [2.75, 3.05) is 58.3 Å². The second kappa shape index (κ2) is 13.6. The van der Waals surface area contributed by atoms with Crippen molar-refractivity contribution in [2.45, 2.75) is 6.54 Å². The van der Waals surface area contributed by atoms with Crippen LogP contribution in [0.15, 0.2) is 91.1 Å². The molecule has 5 aromatic rings. The Labute approximate surface area is 268 Å². The summed E-state index contributed by atoms with van der Waals surface area (Å²) in [6.45, 7) is 5.56. The zero-order valence-corrected chi connectivity index (χ0v) is 26.3. The summed E-state index contributed by atoms with van der Waals surface area (Å²) in [5, 5.41) is 11.5. The van der Waals surface area contributed by atoms with E-state index in [9.17, 15) is 9.90 Å². The zero-order valence-electron chi connectivity index (χ0n) is 25.5. The Morgan fingerprint density at radius 2 is 1.73 bits per heavy atom. The van der Waals surface area contributed by atoms with Gasteiger partial charge in [-0.15, -0.1) is 0 Å². The first-order chi connectivity index (χ1) is 21.8. The number of hydrogen-bond donors (Lipinski definition) is 2. The van der Waals surface area contributed by atoms with Crippen LogP contribution in [0.5, 0.6) is 17.2 Å². The third-order valence-corrected chi connectivity index (χ3v) is 8.39. The molecule has 4 aromatic carbocycles. The van der Waals surface area contributed by atoms with Crippen molar-refractivity contribution in [3.05, 3.63) is 107 Å². The largest absolute Gasteiger partial charge is 0.492 e. The minimum absolute atomic E-state index is 0.132. The van der Waals surface area contributed by atoms with Gasteiger partial charge in [-0.05, 0) is 85.4 Å². The van der Waals surface area contributed by atoms with Crippen molar-refractivity contribution in [3.8, 4) is 28.4 Å². The highest BCUT2D eigenvalue weighted by Crippen LogP contribution is 2.35. The zero-order chi connectivity index (χ0) is 31.3. The first-order valence-corrected chi connectivity index (χ1v) is 15.5. The van der Waals surface area contributed by atoms with E-state index in [2.05, 4.69) is 43.9 Å². The first kappa shape index (κ1) is 30.5. The number of likely N-dealkylation sites (N-methyl/N-ethyl adjacent to an activating group) is 1. The summed E-state index contributed by atoms with van der Waals surface area (Å²) < 4.78 is 12.3. The molecule has 1 aliphatic rings. The van der Waals surface area contributed by atoms with E-state index in [1.807, 2.05) is 74.9 Å². The van der Waals surface area contributed by atoms with Crippen molar-refractivity contribution in [3.63, 3.8) is 0 Å². The van der Waals surface area contributed by atoms with Crippen LogP contribution in [0.1, 0.15) is 15.9 Å². The number of carbonyl (C=O) groups is 1. The number of nitrogens with one attached hydrogen (secondary N) is 1. The highest BCUT2D eigenvalue weighted by molar-refractivity contribution is 6.30. The van der Waals surface area contributed by atoms with Gasteiger partial charge in [0.15, 0.2) is 0 Å². The maximum Gasteiger partial charge on any atom is 0.339 e. The number of aromatic carboxylic acids is 1. The SMILES string of the molecule is CN(C)CCOc1ccc(-c2ccc(Cl)cc2)c(CN2CCN(c3ccc(C(=O)O)c(Oc4cccc5[nH]ccc45)c3)CC2)c1. The normalized spacial score (nSPS) is 13.8. The fraction of sp³-hybridized carbons (Fsp3) is 0.250. The van der Waals surface area contributed by atoms with Crippen LogP contribution in [0.3, 0.4) is 0 Å². The predicted octanol–water partition coefficient (Wildman–Crippen LogP) is 7.24. The lowest BCUT2D eigenvalue weighted by atomic mass is 9.98. The Kier molecular flexibility index (Phi) is 9.26. The number of benzene rings is 4. The number of nitrogens with zero attached hydrogens (tertiary/aromatic N) is 3. The second-order valence-electron chi connectivity index (χ2n) is 11.5. The lowest BCUT2D eigenvalue weighted by molar-refractivity contribution is 0.0694. The molecule has 1 fully saturated rings. The smallest absolute Gasteiger partial charge is 0.339 e. The van der Waals surface area contributed by atoms with E-state index >= 15 is 0 Å². The molecule has 8 nitrogen and oxygen atoms in total. The van der Waals surface area contributed by atoms with E-state index in [1.54, 1.807) is 6.07 Å². The summed E-state index contributed by atoms with van der Waals surface area (Å²) >= 11 is 6.18. The number of piperazine rings is 1. The molecule has 0 bridgehead atoms. The Hall–Kier alpha value is -4.50. The number of fused-ring (bicyclic) bond motifs is 1. The van der Waals surface area contributed by atoms with Gasteiger partial charge in [-0.2, -0.15) is 0 Å². The van der Waals surface area contributed by atoms with E-state index in [-0.39, 0.29) is 5.56 Å². The summed E-state index contributed by atoms with van der Waals surface area (Å²) in [7, 11) is 4.08. The van der Waals surface area contributed by atoms with Gasteiger partial charge in [-0.1, -0.05) is 35.9 Å². The number of hydrogen-bond acceptors (Lipinski definition) is 6. The van der Waals surface area contributed by atoms with Gasteiger partial charge < -0.3 is 29.4 Å². The number of anilines is 1. The molecule has 0 saturated carbocycles. The maximum atomic E-state index is 12.1. The van der Waals surface area contributed by atoms with E-state index in [1.165, 1.54) is 5.56 Å². The van der Waals surface area contributed by atoms with Crippen LogP contribution in [-0.2, 0) is 6.54 Å². The summed E-state index contributed by atoms with van der Waals surface area (Å²) in [6, 6.07) is 27.3. The fourth-order valence-electron chi connectivity index (χ4n) is 5.69. The molecule has 6 rings (SSSR count). The van der Waals surface area contributed by atoms with Crippen LogP contribution in [0, 0.1) is 0 Å². The van der Waals surface area contributed by atoms with Gasteiger partial charge in [-0.3, -0.25) is 4.90 Å². The molecule has 0 unspecified atom stereocenters. The highest BCUT2D eigenvalue weighted by atomic mass is 35.5. The van der Waals surface area contributed by atoms with E-state index < -0.39 is 5.97 Å². The van der Waals surface area contributed by atoms with Crippen molar-refractivity contribution < 1.29 is 19.4 Å². The van der Waals surface area contributed by atoms with Crippen LogP contribution >= 0.6 is 11.6 Å².